The summed E-state index contributed by atoms with van der Waals surface area (Å²) in [5.74, 6) is -1.41. The van der Waals surface area contributed by atoms with E-state index in [1.165, 1.54) is 6.20 Å². The number of anilines is 2. The number of benzene rings is 1. The maximum Gasteiger partial charge on any atom is 0.288 e. The lowest BCUT2D eigenvalue weighted by Gasteiger charge is -2.34. The molecule has 10 heteroatoms. The molecule has 0 aliphatic carbocycles. The minimum atomic E-state index is -3.02. The van der Waals surface area contributed by atoms with Crippen molar-refractivity contribution in [3.8, 4) is 22.8 Å². The Morgan fingerprint density at radius 2 is 1.79 bits per heavy atom. The fourth-order valence-corrected chi connectivity index (χ4v) is 4.57. The molecule has 1 amide bonds. The molecule has 5 rings (SSSR count). The van der Waals surface area contributed by atoms with E-state index in [4.69, 9.17) is 4.98 Å². The molecule has 0 unspecified atom stereocenters. The van der Waals surface area contributed by atoms with Gasteiger partial charge in [-0.3, -0.25) is 14.7 Å². The van der Waals surface area contributed by atoms with Gasteiger partial charge in [0.1, 0.15) is 11.5 Å². The van der Waals surface area contributed by atoms with Gasteiger partial charge in [0.05, 0.1) is 30.7 Å². The Morgan fingerprint density at radius 3 is 2.45 bits per heavy atom. The van der Waals surface area contributed by atoms with E-state index >= 15 is 0 Å². The van der Waals surface area contributed by atoms with Gasteiger partial charge in [0.15, 0.2) is 11.6 Å². The van der Waals surface area contributed by atoms with Gasteiger partial charge < -0.3 is 9.47 Å². The second-order valence-corrected chi connectivity index (χ2v) is 9.98. The third-order valence-electron chi connectivity index (χ3n) is 6.60. The molecule has 8 nitrogen and oxygen atoms in total. The van der Waals surface area contributed by atoms with E-state index in [9.17, 15) is 13.6 Å². The summed E-state index contributed by atoms with van der Waals surface area (Å²) in [5.41, 5.74) is 3.80. The maximum absolute atomic E-state index is 13.7. The molecule has 1 aliphatic rings. The molecule has 1 aliphatic heterocycles. The zero-order chi connectivity index (χ0) is 27.2. The number of fused-ring (bicyclic) bond motifs is 1. The molecular weight excluding hydrogens is 488 g/mol. The summed E-state index contributed by atoms with van der Waals surface area (Å²) in [5, 5.41) is 0. The smallest absolute Gasteiger partial charge is 0.288 e. The number of aromatic nitrogens is 5. The van der Waals surface area contributed by atoms with Crippen LogP contribution < -0.4 is 9.80 Å². The van der Waals surface area contributed by atoms with Crippen molar-refractivity contribution in [3.63, 3.8) is 0 Å². The van der Waals surface area contributed by atoms with Gasteiger partial charge in [0.25, 0.3) is 5.92 Å². The van der Waals surface area contributed by atoms with Crippen LogP contribution in [0, 0.1) is 0 Å². The molecule has 196 valence electrons. The van der Waals surface area contributed by atoms with Crippen LogP contribution in [0.1, 0.15) is 43.6 Å². The molecule has 0 N–H and O–H groups in total. The van der Waals surface area contributed by atoms with Crippen molar-refractivity contribution in [2.75, 3.05) is 23.4 Å². The summed E-state index contributed by atoms with van der Waals surface area (Å²) in [6.45, 7) is 5.48. The van der Waals surface area contributed by atoms with E-state index in [1.807, 2.05) is 48.3 Å². The second-order valence-electron chi connectivity index (χ2n) is 9.98. The highest BCUT2D eigenvalue weighted by molar-refractivity contribution is 6.01. The highest BCUT2D eigenvalue weighted by atomic mass is 19.3. The molecule has 0 radical (unpaired) electrons. The van der Waals surface area contributed by atoms with Gasteiger partial charge in [-0.2, -0.15) is 8.78 Å². The van der Waals surface area contributed by atoms with Crippen molar-refractivity contribution in [2.24, 2.45) is 7.05 Å². The van der Waals surface area contributed by atoms with Crippen LogP contribution in [0.3, 0.4) is 0 Å². The molecule has 0 saturated carbocycles. The standard InChI is InChI=1S/C28H29F2N7O/c1-17(2)24-20(7-6-12-31-24)25-32-13-21-27(34-25)37(23(38)16-35(21)4)14-18-8-10-19(11-9-18)26-33-22(15-36(26)5)28(3,29)30/h6-13,15,17H,14,16H2,1-5H3. The summed E-state index contributed by atoms with van der Waals surface area (Å²) in [7, 11) is 3.53. The largest absolute Gasteiger partial charge is 0.361 e. The number of hydrogen-bond donors (Lipinski definition) is 0. The molecule has 1 aromatic carbocycles. The number of hydrogen-bond acceptors (Lipinski definition) is 6. The average molecular weight is 518 g/mol. The number of likely N-dealkylation sites (N-methyl/N-ethyl adjacent to an activating group) is 1. The first-order chi connectivity index (χ1) is 18.0. The van der Waals surface area contributed by atoms with Gasteiger partial charge in [-0.25, -0.2) is 15.0 Å². The topological polar surface area (TPSA) is 80.0 Å². The van der Waals surface area contributed by atoms with Crippen LogP contribution in [0.2, 0.25) is 0 Å². The zero-order valence-electron chi connectivity index (χ0n) is 22.0. The fraction of sp³-hybridized carbons (Fsp3) is 0.321. The summed E-state index contributed by atoms with van der Waals surface area (Å²) in [6.07, 6.45) is 4.84. The van der Waals surface area contributed by atoms with Gasteiger partial charge in [-0.1, -0.05) is 38.1 Å². The fourth-order valence-electron chi connectivity index (χ4n) is 4.57. The summed E-state index contributed by atoms with van der Waals surface area (Å²) in [4.78, 5) is 34.7. The first kappa shape index (κ1) is 25.4. The lowest BCUT2D eigenvalue weighted by molar-refractivity contribution is -0.117. The molecule has 4 aromatic rings. The van der Waals surface area contributed by atoms with Crippen LogP contribution in [-0.4, -0.2) is 44.0 Å². The highest BCUT2D eigenvalue weighted by Gasteiger charge is 2.31. The van der Waals surface area contributed by atoms with Crippen molar-refractivity contribution in [1.29, 1.82) is 0 Å². The number of imidazole rings is 1. The Bertz CT molecular complexity index is 1490. The molecule has 0 fully saturated rings. The van der Waals surface area contributed by atoms with E-state index in [2.05, 4.69) is 28.8 Å². The van der Waals surface area contributed by atoms with Gasteiger partial charge in [-0.15, -0.1) is 0 Å². The van der Waals surface area contributed by atoms with Crippen molar-refractivity contribution in [2.45, 2.75) is 39.2 Å². The van der Waals surface area contributed by atoms with Crippen molar-refractivity contribution in [1.82, 2.24) is 24.5 Å². The molecule has 0 bridgehead atoms. The number of carbonyl (C=O) groups excluding carboxylic acids is 1. The average Bonchev–Trinajstić information content (AvgIpc) is 3.28. The Kier molecular flexibility index (Phi) is 6.42. The molecule has 4 heterocycles. The molecule has 0 atom stereocenters. The monoisotopic (exact) mass is 517 g/mol. The van der Waals surface area contributed by atoms with Crippen LogP contribution in [0.4, 0.5) is 20.3 Å². The van der Waals surface area contributed by atoms with Crippen molar-refractivity contribution >= 4 is 17.4 Å². The Morgan fingerprint density at radius 1 is 1.05 bits per heavy atom. The van der Waals surface area contributed by atoms with Gasteiger partial charge in [-0.05, 0) is 23.6 Å². The minimum absolute atomic E-state index is 0.0806. The normalized spacial score (nSPS) is 13.8. The number of halogens is 2. The number of aryl methyl sites for hydroxylation is 1. The highest BCUT2D eigenvalue weighted by Crippen LogP contribution is 2.35. The van der Waals surface area contributed by atoms with E-state index in [0.29, 0.717) is 29.6 Å². The van der Waals surface area contributed by atoms with Gasteiger partial charge in [0, 0.05) is 44.5 Å². The summed E-state index contributed by atoms with van der Waals surface area (Å²) in [6, 6.07) is 11.2. The predicted octanol–water partition coefficient (Wildman–Crippen LogP) is 5.16. The van der Waals surface area contributed by atoms with Gasteiger partial charge >= 0.3 is 0 Å². The Balaban J connectivity index is 1.47. The summed E-state index contributed by atoms with van der Waals surface area (Å²) < 4.78 is 29.1. The second kappa shape index (κ2) is 9.59. The molecular formula is C28H29F2N7O. The third kappa shape index (κ3) is 4.73. The number of amides is 1. The first-order valence-electron chi connectivity index (χ1n) is 12.4. The summed E-state index contributed by atoms with van der Waals surface area (Å²) >= 11 is 0. The van der Waals surface area contributed by atoms with Crippen LogP contribution in [-0.2, 0) is 24.3 Å². The van der Waals surface area contributed by atoms with Crippen LogP contribution in [0.5, 0.6) is 0 Å². The lowest BCUT2D eigenvalue weighted by atomic mass is 10.0. The number of alkyl halides is 2. The quantitative estimate of drug-likeness (QED) is 0.352. The third-order valence-corrected chi connectivity index (χ3v) is 6.60. The van der Waals surface area contributed by atoms with Crippen LogP contribution >= 0.6 is 0 Å². The lowest BCUT2D eigenvalue weighted by Crippen LogP contribution is -2.44. The minimum Gasteiger partial charge on any atom is -0.361 e. The van der Waals surface area contributed by atoms with Crippen molar-refractivity contribution in [3.05, 3.63) is 71.9 Å². The maximum atomic E-state index is 13.7. The number of carbonyl (C=O) groups is 1. The number of rotatable bonds is 6. The van der Waals surface area contributed by atoms with E-state index in [-0.39, 0.29) is 24.1 Å². The molecule has 0 saturated heterocycles. The van der Waals surface area contributed by atoms with Gasteiger partial charge in [0.2, 0.25) is 5.91 Å². The zero-order valence-corrected chi connectivity index (χ0v) is 22.0. The van der Waals surface area contributed by atoms with Crippen LogP contribution in [0.15, 0.2) is 55.0 Å². The molecule has 3 aromatic heterocycles. The molecule has 0 spiro atoms. The number of pyridine rings is 1. The molecule has 38 heavy (non-hydrogen) atoms. The predicted molar refractivity (Wildman–Crippen MR) is 142 cm³/mol. The Hall–Kier alpha value is -4.21. The van der Waals surface area contributed by atoms with Crippen molar-refractivity contribution < 1.29 is 13.6 Å². The van der Waals surface area contributed by atoms with E-state index in [1.54, 1.807) is 28.9 Å². The first-order valence-corrected chi connectivity index (χ1v) is 12.4. The van der Waals surface area contributed by atoms with E-state index < -0.39 is 5.92 Å². The van der Waals surface area contributed by atoms with Crippen LogP contribution in [0.25, 0.3) is 22.8 Å². The number of nitrogens with zero attached hydrogens (tertiary/aromatic N) is 7. The Labute approximate surface area is 220 Å². The SMILES string of the molecule is CC(C)c1ncccc1-c1ncc2c(n1)N(Cc1ccc(-c3nc(C(C)(F)F)cn3C)cc1)C(=O)CN2C. The van der Waals surface area contributed by atoms with E-state index in [0.717, 1.165) is 29.4 Å².